The summed E-state index contributed by atoms with van der Waals surface area (Å²) in [6.45, 7) is 9.28. The molecule has 0 radical (unpaired) electrons. The first-order valence-corrected chi connectivity index (χ1v) is 10.1. The van der Waals surface area contributed by atoms with Crippen molar-refractivity contribution >= 4 is 46.6 Å². The standard InChI is InChI=1S/C18H27N7OS.HI/c1-4-15-22-18(27-23-15)25-10-8-24(9-11-25)17(19-5-2)21-13-14-6-7-20-16(12-14)26-3;/h6-7,12H,4-5,8-11,13H2,1-3H3,(H,19,21);1H. The summed E-state index contributed by atoms with van der Waals surface area (Å²) in [6.07, 6.45) is 2.63. The van der Waals surface area contributed by atoms with Crippen molar-refractivity contribution < 1.29 is 4.74 Å². The monoisotopic (exact) mass is 517 g/mol. The highest BCUT2D eigenvalue weighted by atomic mass is 127. The van der Waals surface area contributed by atoms with E-state index >= 15 is 0 Å². The van der Waals surface area contributed by atoms with Crippen molar-refractivity contribution in [1.29, 1.82) is 0 Å². The van der Waals surface area contributed by atoms with Gasteiger partial charge in [0.25, 0.3) is 0 Å². The summed E-state index contributed by atoms with van der Waals surface area (Å²) in [7, 11) is 1.63. The van der Waals surface area contributed by atoms with Gasteiger partial charge in [-0.2, -0.15) is 4.37 Å². The largest absolute Gasteiger partial charge is 0.481 e. The van der Waals surface area contributed by atoms with Crippen LogP contribution in [0, 0.1) is 0 Å². The summed E-state index contributed by atoms with van der Waals surface area (Å²) in [5, 5.41) is 4.43. The quantitative estimate of drug-likeness (QED) is 0.358. The summed E-state index contributed by atoms with van der Waals surface area (Å²) in [5.41, 5.74) is 1.08. The van der Waals surface area contributed by atoms with Crippen molar-refractivity contribution in [1.82, 2.24) is 24.6 Å². The maximum absolute atomic E-state index is 5.19. The topological polar surface area (TPSA) is 78.8 Å². The van der Waals surface area contributed by atoms with Crippen molar-refractivity contribution in [2.24, 2.45) is 4.99 Å². The number of guanidine groups is 1. The zero-order chi connectivity index (χ0) is 19.1. The summed E-state index contributed by atoms with van der Waals surface area (Å²) in [4.78, 5) is 18.2. The third-order valence-corrected chi connectivity index (χ3v) is 5.19. The molecule has 2 aromatic rings. The fraction of sp³-hybridized carbons (Fsp3) is 0.556. The number of anilines is 1. The van der Waals surface area contributed by atoms with Crippen LogP contribution >= 0.6 is 35.5 Å². The maximum Gasteiger partial charge on any atom is 0.213 e. The predicted molar refractivity (Wildman–Crippen MR) is 124 cm³/mol. The molecule has 3 rings (SSSR count). The Morgan fingerprint density at radius 2 is 2.07 bits per heavy atom. The van der Waals surface area contributed by atoms with Crippen LogP contribution in [0.4, 0.5) is 5.13 Å². The van der Waals surface area contributed by atoms with Crippen LogP contribution in [0.25, 0.3) is 0 Å². The van der Waals surface area contributed by atoms with Crippen molar-refractivity contribution in [3.63, 3.8) is 0 Å². The van der Waals surface area contributed by atoms with E-state index in [4.69, 9.17) is 9.73 Å². The molecule has 8 nitrogen and oxygen atoms in total. The molecule has 28 heavy (non-hydrogen) atoms. The van der Waals surface area contributed by atoms with E-state index in [0.29, 0.717) is 12.4 Å². The minimum Gasteiger partial charge on any atom is -0.481 e. The molecule has 1 aliphatic rings. The molecule has 0 aromatic carbocycles. The van der Waals surface area contributed by atoms with Crippen LogP contribution in [0.15, 0.2) is 23.3 Å². The minimum atomic E-state index is 0. The van der Waals surface area contributed by atoms with Gasteiger partial charge in [-0.05, 0) is 18.6 Å². The Balaban J connectivity index is 0.00000280. The molecule has 0 amide bonds. The number of aromatic nitrogens is 3. The lowest BCUT2D eigenvalue weighted by Gasteiger charge is -2.36. The predicted octanol–water partition coefficient (Wildman–Crippen LogP) is 2.41. The van der Waals surface area contributed by atoms with Crippen LogP contribution in [-0.2, 0) is 13.0 Å². The summed E-state index contributed by atoms with van der Waals surface area (Å²) in [6, 6.07) is 3.89. The smallest absolute Gasteiger partial charge is 0.213 e. The number of pyridine rings is 1. The first-order chi connectivity index (χ1) is 13.2. The number of nitrogens with one attached hydrogen (secondary N) is 1. The van der Waals surface area contributed by atoms with Gasteiger partial charge in [0.2, 0.25) is 11.0 Å². The van der Waals surface area contributed by atoms with Crippen molar-refractivity contribution in [2.75, 3.05) is 44.7 Å². The van der Waals surface area contributed by atoms with Gasteiger partial charge < -0.3 is 19.9 Å². The molecule has 0 spiro atoms. The van der Waals surface area contributed by atoms with E-state index in [1.165, 1.54) is 11.5 Å². The van der Waals surface area contributed by atoms with Gasteiger partial charge >= 0.3 is 0 Å². The Morgan fingerprint density at radius 1 is 1.29 bits per heavy atom. The molecular weight excluding hydrogens is 489 g/mol. The molecule has 0 aliphatic carbocycles. The Kier molecular flexibility index (Phi) is 9.16. The Bertz CT molecular complexity index is 762. The van der Waals surface area contributed by atoms with Gasteiger partial charge in [0.1, 0.15) is 5.82 Å². The first-order valence-electron chi connectivity index (χ1n) is 9.33. The van der Waals surface area contributed by atoms with Gasteiger partial charge in [0.15, 0.2) is 5.96 Å². The zero-order valence-corrected chi connectivity index (χ0v) is 19.7. The van der Waals surface area contributed by atoms with E-state index < -0.39 is 0 Å². The van der Waals surface area contributed by atoms with Crippen LogP contribution in [0.1, 0.15) is 25.2 Å². The molecule has 1 N–H and O–H groups in total. The van der Waals surface area contributed by atoms with Gasteiger partial charge in [0.05, 0.1) is 13.7 Å². The van der Waals surface area contributed by atoms with Crippen LogP contribution in [0.5, 0.6) is 5.88 Å². The van der Waals surface area contributed by atoms with E-state index in [-0.39, 0.29) is 24.0 Å². The molecule has 0 atom stereocenters. The zero-order valence-electron chi connectivity index (χ0n) is 16.6. The Labute approximate surface area is 187 Å². The van der Waals surface area contributed by atoms with Crippen LogP contribution in [0.3, 0.4) is 0 Å². The van der Waals surface area contributed by atoms with Crippen molar-refractivity contribution in [3.8, 4) is 5.88 Å². The second kappa shape index (κ2) is 11.3. The number of nitrogens with zero attached hydrogens (tertiary/aromatic N) is 6. The second-order valence-electron chi connectivity index (χ2n) is 6.20. The van der Waals surface area contributed by atoms with E-state index in [2.05, 4.69) is 43.3 Å². The molecule has 10 heteroatoms. The lowest BCUT2D eigenvalue weighted by molar-refractivity contribution is 0.372. The number of hydrogen-bond acceptors (Lipinski definition) is 7. The Hall–Kier alpha value is -1.69. The molecule has 1 fully saturated rings. The molecule has 1 aliphatic heterocycles. The number of ether oxygens (including phenoxy) is 1. The normalized spacial score (nSPS) is 14.6. The van der Waals surface area contributed by atoms with Crippen LogP contribution < -0.4 is 15.0 Å². The van der Waals surface area contributed by atoms with Gasteiger partial charge in [-0.25, -0.2) is 15.0 Å². The number of hydrogen-bond donors (Lipinski definition) is 1. The molecular formula is C18H28IN7OS. The maximum atomic E-state index is 5.19. The third kappa shape index (κ3) is 5.90. The second-order valence-corrected chi connectivity index (χ2v) is 6.93. The van der Waals surface area contributed by atoms with Gasteiger partial charge in [-0.3, -0.25) is 0 Å². The number of aliphatic imine (C=N–C) groups is 1. The SMILES string of the molecule is CCNC(=NCc1ccnc(OC)c1)N1CCN(c2nc(CC)ns2)CC1.I. The number of piperazine rings is 1. The van der Waals surface area contributed by atoms with Crippen LogP contribution in [-0.4, -0.2) is 65.0 Å². The lowest BCUT2D eigenvalue weighted by Crippen LogP contribution is -2.52. The highest BCUT2D eigenvalue weighted by Gasteiger charge is 2.22. The molecule has 3 heterocycles. The van der Waals surface area contributed by atoms with Crippen LogP contribution in [0.2, 0.25) is 0 Å². The molecule has 154 valence electrons. The van der Waals surface area contributed by atoms with Crippen molar-refractivity contribution in [2.45, 2.75) is 26.8 Å². The summed E-state index contributed by atoms with van der Waals surface area (Å²) in [5.74, 6) is 2.49. The van der Waals surface area contributed by atoms with E-state index in [1.807, 2.05) is 12.1 Å². The number of methoxy groups -OCH3 is 1. The number of rotatable bonds is 6. The fourth-order valence-electron chi connectivity index (χ4n) is 2.88. The van der Waals surface area contributed by atoms with E-state index in [1.54, 1.807) is 13.3 Å². The number of aryl methyl sites for hydroxylation is 1. The highest BCUT2D eigenvalue weighted by Crippen LogP contribution is 2.19. The number of halogens is 1. The van der Waals surface area contributed by atoms with Gasteiger partial charge in [-0.15, -0.1) is 24.0 Å². The molecule has 0 unspecified atom stereocenters. The van der Waals surface area contributed by atoms with Gasteiger partial charge in [-0.1, -0.05) is 6.92 Å². The van der Waals surface area contributed by atoms with Gasteiger partial charge in [0, 0.05) is 62.9 Å². The lowest BCUT2D eigenvalue weighted by atomic mass is 10.3. The molecule has 0 bridgehead atoms. The average molecular weight is 517 g/mol. The Morgan fingerprint density at radius 3 is 2.71 bits per heavy atom. The summed E-state index contributed by atoms with van der Waals surface area (Å²) >= 11 is 1.49. The van der Waals surface area contributed by atoms with Crippen molar-refractivity contribution in [3.05, 3.63) is 29.7 Å². The average Bonchev–Trinajstić information content (AvgIpc) is 3.21. The molecule has 1 saturated heterocycles. The molecule has 0 saturated carbocycles. The van der Waals surface area contributed by atoms with E-state index in [0.717, 1.165) is 61.6 Å². The highest BCUT2D eigenvalue weighted by molar-refractivity contribution is 14.0. The fourth-order valence-corrected chi connectivity index (χ4v) is 3.68. The minimum absolute atomic E-state index is 0. The first kappa shape index (κ1) is 22.6. The summed E-state index contributed by atoms with van der Waals surface area (Å²) < 4.78 is 9.58. The molecule has 2 aromatic heterocycles. The third-order valence-electron chi connectivity index (χ3n) is 4.38. The van der Waals surface area contributed by atoms with E-state index in [9.17, 15) is 0 Å².